The molecule has 2 aromatic carbocycles. The molecule has 25 heavy (non-hydrogen) atoms. The normalized spacial score (nSPS) is 15.0. The average Bonchev–Trinajstić information content (AvgIpc) is 2.62. The van der Waals surface area contributed by atoms with Crippen LogP contribution in [0.25, 0.3) is 11.1 Å². The number of nitriles is 1. The number of carbonyl (C=O) groups excluding carboxylic acids is 1. The zero-order valence-electron chi connectivity index (χ0n) is 14.4. The summed E-state index contributed by atoms with van der Waals surface area (Å²) in [6.45, 7) is 5.87. The van der Waals surface area contributed by atoms with Crippen LogP contribution in [-0.2, 0) is 11.3 Å². The summed E-state index contributed by atoms with van der Waals surface area (Å²) in [6, 6.07) is 16.0. The van der Waals surface area contributed by atoms with Crippen LogP contribution in [-0.4, -0.2) is 41.9 Å². The van der Waals surface area contributed by atoms with Crippen molar-refractivity contribution in [3.63, 3.8) is 0 Å². The van der Waals surface area contributed by atoms with Crippen LogP contribution in [0.1, 0.15) is 18.1 Å². The molecule has 0 saturated carbocycles. The van der Waals surface area contributed by atoms with Crippen LogP contribution in [0, 0.1) is 11.3 Å². The van der Waals surface area contributed by atoms with E-state index >= 15 is 0 Å². The molecule has 2 aromatic rings. The predicted molar refractivity (Wildman–Crippen MR) is 98.5 cm³/mol. The van der Waals surface area contributed by atoms with Gasteiger partial charge in [0, 0.05) is 39.6 Å². The van der Waals surface area contributed by atoms with Crippen molar-refractivity contribution < 1.29 is 4.79 Å². The fraction of sp³-hybridized carbons (Fsp3) is 0.300. The second kappa shape index (κ2) is 7.37. The standard InChI is InChI=1S/C20H22N4O/c1-15(25)24-9-7-23(8-10-24)14-16-3-2-4-17(11-16)18-5-6-19(13-21)20(22)12-18/h2-6,11-12H,7-10,14,22H2,1H3. The molecule has 0 aliphatic carbocycles. The lowest BCUT2D eigenvalue weighted by Gasteiger charge is -2.34. The topological polar surface area (TPSA) is 73.4 Å². The van der Waals surface area contributed by atoms with E-state index in [9.17, 15) is 4.79 Å². The second-order valence-corrected chi connectivity index (χ2v) is 6.40. The van der Waals surface area contributed by atoms with Crippen molar-refractivity contribution in [2.24, 2.45) is 0 Å². The lowest BCUT2D eigenvalue weighted by atomic mass is 10.0. The van der Waals surface area contributed by atoms with Crippen molar-refractivity contribution in [1.82, 2.24) is 9.80 Å². The van der Waals surface area contributed by atoms with E-state index in [1.807, 2.05) is 23.1 Å². The third kappa shape index (κ3) is 3.98. The van der Waals surface area contributed by atoms with Crippen molar-refractivity contribution in [3.05, 3.63) is 53.6 Å². The van der Waals surface area contributed by atoms with Crippen molar-refractivity contribution in [2.75, 3.05) is 31.9 Å². The first-order chi connectivity index (χ1) is 12.1. The molecule has 0 bridgehead atoms. The minimum atomic E-state index is 0.153. The molecular formula is C20H22N4O. The van der Waals surface area contributed by atoms with Gasteiger partial charge in [0.15, 0.2) is 0 Å². The summed E-state index contributed by atoms with van der Waals surface area (Å²) in [5, 5.41) is 9.00. The number of nitrogen functional groups attached to an aromatic ring is 1. The number of anilines is 1. The van der Waals surface area contributed by atoms with Crippen LogP contribution >= 0.6 is 0 Å². The molecular weight excluding hydrogens is 312 g/mol. The van der Waals surface area contributed by atoms with Crippen LogP contribution in [0.5, 0.6) is 0 Å². The number of benzene rings is 2. The largest absolute Gasteiger partial charge is 0.398 e. The van der Waals surface area contributed by atoms with Gasteiger partial charge in [-0.3, -0.25) is 9.69 Å². The molecule has 5 nitrogen and oxygen atoms in total. The molecule has 1 heterocycles. The molecule has 0 unspecified atom stereocenters. The van der Waals surface area contributed by atoms with E-state index in [0.717, 1.165) is 43.9 Å². The maximum absolute atomic E-state index is 11.4. The predicted octanol–water partition coefficient (Wildman–Crippen LogP) is 2.47. The molecule has 128 valence electrons. The van der Waals surface area contributed by atoms with Gasteiger partial charge >= 0.3 is 0 Å². The summed E-state index contributed by atoms with van der Waals surface area (Å²) >= 11 is 0. The van der Waals surface area contributed by atoms with Gasteiger partial charge in [-0.1, -0.05) is 24.3 Å². The smallest absolute Gasteiger partial charge is 0.219 e. The van der Waals surface area contributed by atoms with E-state index in [0.29, 0.717) is 11.3 Å². The Labute approximate surface area is 148 Å². The lowest BCUT2D eigenvalue weighted by molar-refractivity contribution is -0.130. The van der Waals surface area contributed by atoms with Crippen LogP contribution in [0.4, 0.5) is 5.69 Å². The fourth-order valence-electron chi connectivity index (χ4n) is 3.17. The highest BCUT2D eigenvalue weighted by Crippen LogP contribution is 2.25. The number of hydrogen-bond acceptors (Lipinski definition) is 4. The van der Waals surface area contributed by atoms with Gasteiger partial charge in [-0.05, 0) is 34.9 Å². The SMILES string of the molecule is CC(=O)N1CCN(Cc2cccc(-c3ccc(C#N)c(N)c3)c2)CC1. The summed E-state index contributed by atoms with van der Waals surface area (Å²) in [5.74, 6) is 0.153. The molecule has 1 fully saturated rings. The molecule has 0 aromatic heterocycles. The maximum Gasteiger partial charge on any atom is 0.219 e. The minimum absolute atomic E-state index is 0.153. The van der Waals surface area contributed by atoms with Crippen LogP contribution < -0.4 is 5.73 Å². The van der Waals surface area contributed by atoms with Gasteiger partial charge in [0.1, 0.15) is 6.07 Å². The van der Waals surface area contributed by atoms with Crippen molar-refractivity contribution >= 4 is 11.6 Å². The number of amides is 1. The van der Waals surface area contributed by atoms with Crippen LogP contribution in [0.2, 0.25) is 0 Å². The highest BCUT2D eigenvalue weighted by Gasteiger charge is 2.18. The Morgan fingerprint density at radius 3 is 2.48 bits per heavy atom. The molecule has 0 spiro atoms. The van der Waals surface area contributed by atoms with E-state index in [1.165, 1.54) is 5.56 Å². The van der Waals surface area contributed by atoms with Gasteiger partial charge in [0.05, 0.1) is 11.3 Å². The Morgan fingerprint density at radius 1 is 1.12 bits per heavy atom. The van der Waals surface area contributed by atoms with Crippen molar-refractivity contribution in [2.45, 2.75) is 13.5 Å². The van der Waals surface area contributed by atoms with Crippen molar-refractivity contribution in [3.8, 4) is 17.2 Å². The molecule has 0 radical (unpaired) electrons. The summed E-state index contributed by atoms with van der Waals surface area (Å²) < 4.78 is 0. The second-order valence-electron chi connectivity index (χ2n) is 6.40. The van der Waals surface area contributed by atoms with Gasteiger partial charge in [-0.25, -0.2) is 0 Å². The van der Waals surface area contributed by atoms with E-state index in [-0.39, 0.29) is 5.91 Å². The lowest BCUT2D eigenvalue weighted by Crippen LogP contribution is -2.47. The number of nitrogens with two attached hydrogens (primary N) is 1. The van der Waals surface area contributed by atoms with Gasteiger partial charge in [-0.2, -0.15) is 5.26 Å². The maximum atomic E-state index is 11.4. The first-order valence-electron chi connectivity index (χ1n) is 8.43. The molecule has 5 heteroatoms. The van der Waals surface area contributed by atoms with Crippen molar-refractivity contribution in [1.29, 1.82) is 5.26 Å². The Kier molecular flexibility index (Phi) is 5.01. The fourth-order valence-corrected chi connectivity index (χ4v) is 3.17. The zero-order valence-corrected chi connectivity index (χ0v) is 14.4. The van der Waals surface area contributed by atoms with E-state index < -0.39 is 0 Å². The van der Waals surface area contributed by atoms with Crippen LogP contribution in [0.15, 0.2) is 42.5 Å². The summed E-state index contributed by atoms with van der Waals surface area (Å²) in [5.41, 5.74) is 10.3. The Morgan fingerprint density at radius 2 is 1.84 bits per heavy atom. The van der Waals surface area contributed by atoms with Gasteiger partial charge in [-0.15, -0.1) is 0 Å². The molecule has 0 atom stereocenters. The molecule has 1 aliphatic heterocycles. The van der Waals surface area contributed by atoms with E-state index in [1.54, 1.807) is 13.0 Å². The Hall–Kier alpha value is -2.84. The monoisotopic (exact) mass is 334 g/mol. The summed E-state index contributed by atoms with van der Waals surface area (Å²) in [7, 11) is 0. The number of rotatable bonds is 3. The molecule has 2 N–H and O–H groups in total. The van der Waals surface area contributed by atoms with Gasteiger partial charge in [0.2, 0.25) is 5.91 Å². The number of piperazine rings is 1. The minimum Gasteiger partial charge on any atom is -0.398 e. The van der Waals surface area contributed by atoms with Crippen LogP contribution in [0.3, 0.4) is 0 Å². The third-order valence-electron chi connectivity index (χ3n) is 4.66. The Balaban J connectivity index is 1.71. The molecule has 3 rings (SSSR count). The number of carbonyl (C=O) groups is 1. The first kappa shape index (κ1) is 17.0. The highest BCUT2D eigenvalue weighted by atomic mass is 16.2. The van der Waals surface area contributed by atoms with E-state index in [2.05, 4.69) is 29.2 Å². The Bertz CT molecular complexity index is 817. The zero-order chi connectivity index (χ0) is 17.8. The number of hydrogen-bond donors (Lipinski definition) is 1. The highest BCUT2D eigenvalue weighted by molar-refractivity contribution is 5.73. The van der Waals surface area contributed by atoms with E-state index in [4.69, 9.17) is 11.0 Å². The molecule has 1 saturated heterocycles. The first-order valence-corrected chi connectivity index (χ1v) is 8.43. The number of nitrogens with zero attached hydrogens (tertiary/aromatic N) is 3. The third-order valence-corrected chi connectivity index (χ3v) is 4.66. The molecule has 1 amide bonds. The summed E-state index contributed by atoms with van der Waals surface area (Å²) in [6.07, 6.45) is 0. The summed E-state index contributed by atoms with van der Waals surface area (Å²) in [4.78, 5) is 15.7. The average molecular weight is 334 g/mol. The molecule has 1 aliphatic rings. The van der Waals surface area contributed by atoms with Gasteiger partial charge < -0.3 is 10.6 Å². The van der Waals surface area contributed by atoms with Gasteiger partial charge in [0.25, 0.3) is 0 Å². The quantitative estimate of drug-likeness (QED) is 0.875.